The molecule has 0 aromatic heterocycles. The number of amides is 1. The van der Waals surface area contributed by atoms with Gasteiger partial charge in [0.25, 0.3) is 0 Å². The second kappa shape index (κ2) is 11.0. The van der Waals surface area contributed by atoms with Crippen LogP contribution in [0.2, 0.25) is 0 Å². The SMILES string of the molecule is COc1cc(/C=C2\N=C(c3ccc(NC(C)=O)cc3)OC2=O)cc(Br)c1OCCc1ccccc1. The molecule has 0 saturated carbocycles. The Labute approximate surface area is 211 Å². The molecule has 0 unspecified atom stereocenters. The van der Waals surface area contributed by atoms with Gasteiger partial charge in [-0.05, 0) is 69.5 Å². The molecule has 8 heteroatoms. The van der Waals surface area contributed by atoms with E-state index in [0.29, 0.717) is 39.4 Å². The Kier molecular flexibility index (Phi) is 7.62. The molecule has 0 fully saturated rings. The summed E-state index contributed by atoms with van der Waals surface area (Å²) in [7, 11) is 1.56. The van der Waals surface area contributed by atoms with Crippen molar-refractivity contribution in [1.82, 2.24) is 0 Å². The van der Waals surface area contributed by atoms with E-state index in [2.05, 4.69) is 38.4 Å². The highest BCUT2D eigenvalue weighted by molar-refractivity contribution is 9.10. The number of ether oxygens (including phenoxy) is 3. The average Bonchev–Trinajstić information content (AvgIpc) is 3.20. The maximum atomic E-state index is 12.4. The molecule has 178 valence electrons. The van der Waals surface area contributed by atoms with Crippen LogP contribution in [0.3, 0.4) is 0 Å². The van der Waals surface area contributed by atoms with Crippen molar-refractivity contribution in [3.63, 3.8) is 0 Å². The van der Waals surface area contributed by atoms with Gasteiger partial charge >= 0.3 is 5.97 Å². The largest absolute Gasteiger partial charge is 0.493 e. The van der Waals surface area contributed by atoms with Crippen molar-refractivity contribution in [1.29, 1.82) is 0 Å². The van der Waals surface area contributed by atoms with Crippen LogP contribution in [0.25, 0.3) is 6.08 Å². The van der Waals surface area contributed by atoms with Gasteiger partial charge < -0.3 is 19.5 Å². The fourth-order valence-corrected chi connectivity index (χ4v) is 4.04. The Morgan fingerprint density at radius 1 is 1.11 bits per heavy atom. The lowest BCUT2D eigenvalue weighted by Crippen LogP contribution is -2.07. The van der Waals surface area contributed by atoms with Crippen LogP contribution in [0, 0.1) is 0 Å². The van der Waals surface area contributed by atoms with Crippen molar-refractivity contribution in [2.75, 3.05) is 19.0 Å². The number of aliphatic imine (C=N–C) groups is 1. The molecule has 0 spiro atoms. The number of rotatable bonds is 8. The van der Waals surface area contributed by atoms with Gasteiger partial charge in [0.05, 0.1) is 18.2 Å². The number of hydrogen-bond donors (Lipinski definition) is 1. The second-order valence-corrected chi connectivity index (χ2v) is 8.57. The standard InChI is InChI=1S/C27H23BrN2O5/c1-17(31)29-21-10-8-20(9-11-21)26-30-23(27(32)35-26)15-19-14-22(28)25(24(16-19)33-2)34-13-12-18-6-4-3-5-7-18/h3-11,14-16H,12-13H2,1-2H3,(H,29,31)/b23-15-. The maximum Gasteiger partial charge on any atom is 0.363 e. The summed E-state index contributed by atoms with van der Waals surface area (Å²) < 4.78 is 17.5. The molecule has 1 aliphatic heterocycles. The van der Waals surface area contributed by atoms with Gasteiger partial charge in [-0.3, -0.25) is 4.79 Å². The van der Waals surface area contributed by atoms with E-state index in [-0.39, 0.29) is 17.5 Å². The fourth-order valence-electron chi connectivity index (χ4n) is 3.47. The van der Waals surface area contributed by atoms with Crippen molar-refractivity contribution in [3.8, 4) is 11.5 Å². The number of carbonyl (C=O) groups is 2. The quantitative estimate of drug-likeness (QED) is 0.309. The molecular weight excluding hydrogens is 512 g/mol. The van der Waals surface area contributed by atoms with Crippen LogP contribution in [-0.4, -0.2) is 31.5 Å². The van der Waals surface area contributed by atoms with Crippen molar-refractivity contribution in [2.24, 2.45) is 4.99 Å². The molecule has 7 nitrogen and oxygen atoms in total. The summed E-state index contributed by atoms with van der Waals surface area (Å²) in [6.45, 7) is 1.92. The summed E-state index contributed by atoms with van der Waals surface area (Å²) in [6.07, 6.45) is 2.39. The van der Waals surface area contributed by atoms with Crippen molar-refractivity contribution < 1.29 is 23.8 Å². The summed E-state index contributed by atoms with van der Waals surface area (Å²) in [4.78, 5) is 28.0. The number of benzene rings is 3. The van der Waals surface area contributed by atoms with Gasteiger partial charge in [0.1, 0.15) is 0 Å². The molecule has 0 saturated heterocycles. The average molecular weight is 535 g/mol. The Balaban J connectivity index is 1.51. The third kappa shape index (κ3) is 6.16. The lowest BCUT2D eigenvalue weighted by Gasteiger charge is -2.13. The molecule has 3 aromatic rings. The maximum absolute atomic E-state index is 12.4. The summed E-state index contributed by atoms with van der Waals surface area (Å²) in [5.41, 5.74) is 3.31. The van der Waals surface area contributed by atoms with Crippen molar-refractivity contribution in [3.05, 3.63) is 93.6 Å². The first kappa shape index (κ1) is 24.2. The second-order valence-electron chi connectivity index (χ2n) is 7.71. The molecule has 1 N–H and O–H groups in total. The van der Waals surface area contributed by atoms with E-state index in [9.17, 15) is 9.59 Å². The van der Waals surface area contributed by atoms with E-state index in [1.807, 2.05) is 24.3 Å². The third-order valence-electron chi connectivity index (χ3n) is 5.11. The Bertz CT molecular complexity index is 1300. The molecule has 1 heterocycles. The first-order chi connectivity index (χ1) is 16.9. The molecule has 4 rings (SSSR count). The molecule has 1 amide bonds. The molecule has 1 aliphatic rings. The highest BCUT2D eigenvalue weighted by Crippen LogP contribution is 2.37. The van der Waals surface area contributed by atoms with Gasteiger partial charge in [0.2, 0.25) is 11.8 Å². The van der Waals surface area contributed by atoms with Gasteiger partial charge in [-0.1, -0.05) is 30.3 Å². The van der Waals surface area contributed by atoms with Crippen molar-refractivity contribution in [2.45, 2.75) is 13.3 Å². The van der Waals surface area contributed by atoms with E-state index in [4.69, 9.17) is 14.2 Å². The number of methoxy groups -OCH3 is 1. The number of halogens is 1. The van der Waals surface area contributed by atoms with Crippen LogP contribution in [0.4, 0.5) is 5.69 Å². The number of nitrogens with one attached hydrogen (secondary N) is 1. The molecule has 3 aromatic carbocycles. The van der Waals surface area contributed by atoms with Crippen LogP contribution in [-0.2, 0) is 20.7 Å². The number of hydrogen-bond acceptors (Lipinski definition) is 6. The van der Waals surface area contributed by atoms with Gasteiger partial charge in [-0.25, -0.2) is 9.79 Å². The lowest BCUT2D eigenvalue weighted by atomic mass is 10.1. The number of anilines is 1. The first-order valence-electron chi connectivity index (χ1n) is 10.9. The molecule has 0 radical (unpaired) electrons. The Hall–Kier alpha value is -3.91. The summed E-state index contributed by atoms with van der Waals surface area (Å²) >= 11 is 3.55. The zero-order valence-corrected chi connectivity index (χ0v) is 20.8. The van der Waals surface area contributed by atoms with Crippen LogP contribution >= 0.6 is 15.9 Å². The Morgan fingerprint density at radius 3 is 2.54 bits per heavy atom. The molecule has 35 heavy (non-hydrogen) atoms. The number of esters is 1. The predicted molar refractivity (Wildman–Crippen MR) is 138 cm³/mol. The van der Waals surface area contributed by atoms with E-state index in [1.165, 1.54) is 12.5 Å². The Morgan fingerprint density at radius 2 is 1.86 bits per heavy atom. The highest BCUT2D eigenvalue weighted by atomic mass is 79.9. The summed E-state index contributed by atoms with van der Waals surface area (Å²) in [5, 5.41) is 2.69. The van der Waals surface area contributed by atoms with Gasteiger partial charge in [-0.2, -0.15) is 0 Å². The smallest absolute Gasteiger partial charge is 0.363 e. The van der Waals surface area contributed by atoms with Gasteiger partial charge in [0, 0.05) is 24.6 Å². The lowest BCUT2D eigenvalue weighted by molar-refractivity contribution is -0.129. The van der Waals surface area contributed by atoms with Gasteiger partial charge in [-0.15, -0.1) is 0 Å². The first-order valence-corrected chi connectivity index (χ1v) is 11.7. The van der Waals surface area contributed by atoms with Gasteiger partial charge in [0.15, 0.2) is 17.2 Å². The summed E-state index contributed by atoms with van der Waals surface area (Å²) in [5.74, 6) is 0.597. The molecule has 0 atom stereocenters. The van der Waals surface area contributed by atoms with Crippen molar-refractivity contribution >= 4 is 45.5 Å². The monoisotopic (exact) mass is 534 g/mol. The predicted octanol–water partition coefficient (Wildman–Crippen LogP) is 5.38. The molecule has 0 aliphatic carbocycles. The van der Waals surface area contributed by atoms with E-state index >= 15 is 0 Å². The number of nitrogens with zero attached hydrogens (tertiary/aromatic N) is 1. The third-order valence-corrected chi connectivity index (χ3v) is 5.70. The molecular formula is C27H23BrN2O5. The topological polar surface area (TPSA) is 86.2 Å². The van der Waals surface area contributed by atoms with E-state index in [0.717, 1.165) is 6.42 Å². The highest BCUT2D eigenvalue weighted by Gasteiger charge is 2.24. The zero-order chi connectivity index (χ0) is 24.8. The van der Waals surface area contributed by atoms with Crippen LogP contribution in [0.15, 0.2) is 81.9 Å². The molecule has 0 bridgehead atoms. The van der Waals surface area contributed by atoms with E-state index in [1.54, 1.807) is 43.5 Å². The number of cyclic esters (lactones) is 1. The minimum Gasteiger partial charge on any atom is -0.493 e. The van der Waals surface area contributed by atoms with Crippen LogP contribution in [0.5, 0.6) is 11.5 Å². The van der Waals surface area contributed by atoms with Crippen LogP contribution < -0.4 is 14.8 Å². The van der Waals surface area contributed by atoms with E-state index < -0.39 is 5.97 Å². The normalized spacial score (nSPS) is 13.9. The van der Waals surface area contributed by atoms with Crippen LogP contribution in [0.1, 0.15) is 23.6 Å². The fraction of sp³-hybridized carbons (Fsp3) is 0.148. The minimum absolute atomic E-state index is 0.164. The zero-order valence-electron chi connectivity index (χ0n) is 19.2. The number of carbonyl (C=O) groups excluding carboxylic acids is 2. The minimum atomic E-state index is -0.552. The summed E-state index contributed by atoms with van der Waals surface area (Å²) in [6, 6.07) is 20.6.